The Bertz CT molecular complexity index is 31.6. The zero-order chi connectivity index (χ0) is 6.83. The molecule has 0 aliphatic carbocycles. The Morgan fingerprint density at radius 1 is 1.38 bits per heavy atom. The van der Waals surface area contributed by atoms with Crippen LogP contribution in [0.1, 0.15) is 26.2 Å². The van der Waals surface area contributed by atoms with E-state index in [1.165, 1.54) is 19.3 Å². The molecular weight excluding hydrogens is 159 g/mol. The molecule has 0 saturated heterocycles. The fourth-order valence-electron chi connectivity index (χ4n) is 0.344. The van der Waals surface area contributed by atoms with Crippen LogP contribution in [-0.4, -0.2) is 5.88 Å². The van der Waals surface area contributed by atoms with Crippen molar-refractivity contribution in [1.82, 2.24) is 0 Å². The van der Waals surface area contributed by atoms with E-state index in [0.29, 0.717) is 0 Å². The summed E-state index contributed by atoms with van der Waals surface area (Å²) in [5, 5.41) is 0. The maximum absolute atomic E-state index is 5.38. The van der Waals surface area contributed by atoms with E-state index in [9.17, 15) is 0 Å². The Kier molecular flexibility index (Phi) is 22.7. The lowest BCUT2D eigenvalue weighted by Crippen LogP contribution is -1.70. The van der Waals surface area contributed by atoms with Gasteiger partial charge >= 0.3 is 0 Å². The van der Waals surface area contributed by atoms with Gasteiger partial charge in [0.05, 0.1) is 0 Å². The fraction of sp³-hybridized carbons (Fsp3) is 1.00. The second-order valence-corrected chi connectivity index (χ2v) is 1.77. The average Bonchev–Trinajstić information content (AvgIpc) is 1.88. The van der Waals surface area contributed by atoms with Gasteiger partial charge in [-0.05, 0) is 14.4 Å². The summed E-state index contributed by atoms with van der Waals surface area (Å²) in [6.07, 6.45) is 3.73. The Hall–Kier alpha value is 0.810. The minimum atomic E-state index is 0.827. The minimum absolute atomic E-state index is 0.827. The summed E-state index contributed by atoms with van der Waals surface area (Å²) < 4.78 is 0. The highest BCUT2D eigenvalue weighted by molar-refractivity contribution is 7.88. The predicted octanol–water partition coefficient (Wildman–Crippen LogP) is 3.01. The van der Waals surface area contributed by atoms with Crippen molar-refractivity contribution in [2.24, 2.45) is 0 Å². The lowest BCUT2D eigenvalue weighted by Gasteiger charge is -1.84. The molecule has 0 aromatic rings. The van der Waals surface area contributed by atoms with Gasteiger partial charge in [0.25, 0.3) is 0 Å². The summed E-state index contributed by atoms with van der Waals surface area (Å²) in [6.45, 7) is 2.17. The quantitative estimate of drug-likeness (QED) is 0.357. The van der Waals surface area contributed by atoms with E-state index >= 15 is 0 Å². The summed E-state index contributed by atoms with van der Waals surface area (Å²) in [5.74, 6) is 0.827. The number of halogens is 1. The molecule has 0 aromatic carbocycles. The fourth-order valence-corrected chi connectivity index (χ4v) is 0.533. The Balaban J connectivity index is 0. The third-order valence-electron chi connectivity index (χ3n) is 0.737. The molecular formula is C5H12ClPS. The van der Waals surface area contributed by atoms with Gasteiger partial charge in [-0.15, -0.1) is 11.6 Å². The number of hydrogen-bond donors (Lipinski definition) is 0. The molecule has 0 nitrogen and oxygen atoms in total. The maximum Gasteiger partial charge on any atom is 0.0223 e. The Morgan fingerprint density at radius 2 is 1.88 bits per heavy atom. The van der Waals surface area contributed by atoms with Crippen molar-refractivity contribution in [3.8, 4) is 0 Å². The topological polar surface area (TPSA) is 0 Å². The van der Waals surface area contributed by atoms with Crippen LogP contribution in [0.15, 0.2) is 0 Å². The van der Waals surface area contributed by atoms with Crippen LogP contribution in [0.5, 0.6) is 0 Å². The standard InChI is InChI=1S/C5H11Cl.HPS/c1-2-3-4-5-6;1-2/h2-5H2,1H3;1H. The highest BCUT2D eigenvalue weighted by Gasteiger charge is 1.76. The normalized spacial score (nSPS) is 7.25. The Morgan fingerprint density at radius 3 is 2.00 bits per heavy atom. The molecule has 0 spiro atoms. The molecule has 0 atom stereocenters. The zero-order valence-corrected chi connectivity index (χ0v) is 7.69. The molecule has 0 radical (unpaired) electrons. The molecule has 0 aromatic heterocycles. The Labute approximate surface area is 63.9 Å². The van der Waals surface area contributed by atoms with E-state index in [1.807, 2.05) is 0 Å². The average molecular weight is 171 g/mol. The van der Waals surface area contributed by atoms with Crippen molar-refractivity contribution < 1.29 is 0 Å². The van der Waals surface area contributed by atoms with Crippen molar-refractivity contribution in [2.75, 3.05) is 5.88 Å². The van der Waals surface area contributed by atoms with Gasteiger partial charge in [-0.1, -0.05) is 31.6 Å². The van der Waals surface area contributed by atoms with Gasteiger partial charge in [0, 0.05) is 5.88 Å². The first-order valence-corrected chi connectivity index (χ1v) is 4.85. The molecule has 8 heavy (non-hydrogen) atoms. The smallest absolute Gasteiger partial charge is 0.0223 e. The second-order valence-electron chi connectivity index (χ2n) is 1.40. The van der Waals surface area contributed by atoms with Gasteiger partial charge in [-0.3, -0.25) is 0 Å². The minimum Gasteiger partial charge on any atom is -0.127 e. The first kappa shape index (κ1) is 11.6. The zero-order valence-electron chi connectivity index (χ0n) is 5.11. The molecule has 0 aliphatic heterocycles. The van der Waals surface area contributed by atoms with Gasteiger partial charge in [0.1, 0.15) is 0 Å². The van der Waals surface area contributed by atoms with Crippen LogP contribution < -0.4 is 0 Å². The largest absolute Gasteiger partial charge is 0.127 e. The van der Waals surface area contributed by atoms with Crippen molar-refractivity contribution in [3.63, 3.8) is 0 Å². The van der Waals surface area contributed by atoms with Crippen molar-refractivity contribution >= 4 is 31.4 Å². The number of hydrogen-bond acceptors (Lipinski definition) is 1. The van der Waals surface area contributed by atoms with Gasteiger partial charge in [-0.2, -0.15) is 0 Å². The third-order valence-corrected chi connectivity index (χ3v) is 1.00. The highest BCUT2D eigenvalue weighted by atomic mass is 35.5. The van der Waals surface area contributed by atoms with E-state index < -0.39 is 0 Å². The van der Waals surface area contributed by atoms with Gasteiger partial charge in [0.2, 0.25) is 0 Å². The summed E-state index contributed by atoms with van der Waals surface area (Å²) in [4.78, 5) is 0. The lowest BCUT2D eigenvalue weighted by atomic mass is 10.3. The highest BCUT2D eigenvalue weighted by Crippen LogP contribution is 1.93. The van der Waals surface area contributed by atoms with Crippen LogP contribution in [0.3, 0.4) is 0 Å². The molecule has 50 valence electrons. The van der Waals surface area contributed by atoms with Crippen LogP contribution in [0.25, 0.3) is 0 Å². The summed E-state index contributed by atoms with van der Waals surface area (Å²) in [5.41, 5.74) is 0. The van der Waals surface area contributed by atoms with Gasteiger partial charge in [-0.25, -0.2) is 0 Å². The van der Waals surface area contributed by atoms with Crippen molar-refractivity contribution in [2.45, 2.75) is 26.2 Å². The van der Waals surface area contributed by atoms with Gasteiger partial charge < -0.3 is 0 Å². The molecule has 0 heterocycles. The molecule has 3 heteroatoms. The van der Waals surface area contributed by atoms with Gasteiger partial charge in [0.15, 0.2) is 0 Å². The molecule has 0 aliphatic rings. The molecule has 0 saturated carbocycles. The van der Waals surface area contributed by atoms with Crippen LogP contribution in [-0.2, 0) is 11.8 Å². The van der Waals surface area contributed by atoms with Crippen LogP contribution in [0, 0.1) is 0 Å². The van der Waals surface area contributed by atoms with E-state index in [2.05, 4.69) is 26.7 Å². The maximum atomic E-state index is 5.38. The van der Waals surface area contributed by atoms with E-state index in [1.54, 1.807) is 0 Å². The molecule has 0 unspecified atom stereocenters. The van der Waals surface area contributed by atoms with E-state index in [0.717, 1.165) is 5.88 Å². The predicted molar refractivity (Wildman–Crippen MR) is 45.9 cm³/mol. The molecule has 0 bridgehead atoms. The first-order chi connectivity index (χ1) is 3.91. The number of rotatable bonds is 3. The second kappa shape index (κ2) is 15.7. The van der Waals surface area contributed by atoms with Crippen LogP contribution >= 0.6 is 19.6 Å². The first-order valence-electron chi connectivity index (χ1n) is 2.68. The summed E-state index contributed by atoms with van der Waals surface area (Å²) in [6, 6.07) is 0. The molecule has 0 amide bonds. The number of alkyl halides is 1. The van der Waals surface area contributed by atoms with E-state index in [-0.39, 0.29) is 0 Å². The SMILES string of the molecule is CCCCCCl.P=S. The summed E-state index contributed by atoms with van der Waals surface area (Å²) in [7, 11) is 2.56. The van der Waals surface area contributed by atoms with Crippen molar-refractivity contribution in [3.05, 3.63) is 0 Å². The number of unbranched alkanes of at least 4 members (excludes halogenated alkanes) is 2. The van der Waals surface area contributed by atoms with Crippen LogP contribution in [0.2, 0.25) is 0 Å². The third kappa shape index (κ3) is 15.8. The van der Waals surface area contributed by atoms with Crippen LogP contribution in [0.4, 0.5) is 0 Å². The molecule has 0 fully saturated rings. The molecule has 0 rings (SSSR count). The lowest BCUT2D eigenvalue weighted by molar-refractivity contribution is 0.776. The molecule has 0 N–H and O–H groups in total. The summed E-state index contributed by atoms with van der Waals surface area (Å²) >= 11 is 9.27. The van der Waals surface area contributed by atoms with Crippen molar-refractivity contribution in [1.29, 1.82) is 0 Å². The monoisotopic (exact) mass is 170 g/mol. The van der Waals surface area contributed by atoms with E-state index in [4.69, 9.17) is 11.6 Å².